The summed E-state index contributed by atoms with van der Waals surface area (Å²) in [5, 5.41) is 0. The van der Waals surface area contributed by atoms with Gasteiger partial charge < -0.3 is 9.64 Å². The molecule has 1 aliphatic heterocycles. The smallest absolute Gasteiger partial charge is 0.410 e. The molecule has 1 saturated heterocycles. The molecule has 18 heavy (non-hydrogen) atoms. The molecule has 2 fully saturated rings. The van der Waals surface area contributed by atoms with Crippen LogP contribution in [0, 0.1) is 0 Å². The van der Waals surface area contributed by atoms with E-state index in [4.69, 9.17) is 4.74 Å². The van der Waals surface area contributed by atoms with E-state index in [-0.39, 0.29) is 11.7 Å². The maximum Gasteiger partial charge on any atom is 0.410 e. The van der Waals surface area contributed by atoms with E-state index < -0.39 is 0 Å². The Labute approximate surface area is 111 Å². The number of ether oxygens (including phenoxy) is 1. The summed E-state index contributed by atoms with van der Waals surface area (Å²) in [6.07, 6.45) is 8.80. The van der Waals surface area contributed by atoms with Gasteiger partial charge in [0.25, 0.3) is 0 Å². The van der Waals surface area contributed by atoms with Crippen LogP contribution in [-0.2, 0) is 4.74 Å². The van der Waals surface area contributed by atoms with Gasteiger partial charge in [-0.3, -0.25) is 0 Å². The lowest BCUT2D eigenvalue weighted by molar-refractivity contribution is -0.0626. The molecule has 0 N–H and O–H groups in total. The van der Waals surface area contributed by atoms with Crippen molar-refractivity contribution in [2.24, 2.45) is 0 Å². The van der Waals surface area contributed by atoms with Gasteiger partial charge in [-0.25, -0.2) is 4.79 Å². The normalized spacial score (nSPS) is 30.7. The first-order valence-electron chi connectivity index (χ1n) is 7.61. The van der Waals surface area contributed by atoms with Crippen LogP contribution >= 0.6 is 0 Å². The zero-order chi connectivity index (χ0) is 13.2. The highest BCUT2D eigenvalue weighted by molar-refractivity contribution is 5.69. The molecule has 0 bridgehead atoms. The van der Waals surface area contributed by atoms with Crippen LogP contribution < -0.4 is 0 Å². The number of nitrogens with zero attached hydrogens (tertiary/aromatic N) is 1. The van der Waals surface area contributed by atoms with Gasteiger partial charge in [-0.1, -0.05) is 13.8 Å². The SMILES string of the molecule is CCC1CCCC(CC)N1C(=O)OC1(C)CCC1. The minimum absolute atomic E-state index is 0.0596. The van der Waals surface area contributed by atoms with Crippen molar-refractivity contribution >= 4 is 6.09 Å². The topological polar surface area (TPSA) is 29.5 Å². The zero-order valence-corrected chi connectivity index (χ0v) is 12.1. The number of carbonyl (C=O) groups is 1. The molecule has 0 spiro atoms. The Kier molecular flexibility index (Phi) is 4.18. The van der Waals surface area contributed by atoms with Crippen LogP contribution in [0.25, 0.3) is 0 Å². The Bertz CT molecular complexity index is 287. The summed E-state index contributed by atoms with van der Waals surface area (Å²) in [7, 11) is 0. The largest absolute Gasteiger partial charge is 0.443 e. The van der Waals surface area contributed by atoms with Crippen LogP contribution in [0.5, 0.6) is 0 Å². The Hall–Kier alpha value is -0.730. The van der Waals surface area contributed by atoms with Gasteiger partial charge in [0.05, 0.1) is 0 Å². The van der Waals surface area contributed by atoms with Crippen molar-refractivity contribution in [3.63, 3.8) is 0 Å². The number of hydrogen-bond acceptors (Lipinski definition) is 2. The van der Waals surface area contributed by atoms with E-state index in [9.17, 15) is 4.79 Å². The molecule has 2 rings (SSSR count). The number of amides is 1. The molecule has 2 atom stereocenters. The van der Waals surface area contributed by atoms with Gasteiger partial charge in [0, 0.05) is 12.1 Å². The number of carbonyl (C=O) groups excluding carboxylic acids is 1. The van der Waals surface area contributed by atoms with Crippen molar-refractivity contribution in [3.8, 4) is 0 Å². The van der Waals surface area contributed by atoms with Gasteiger partial charge >= 0.3 is 6.09 Å². The predicted molar refractivity (Wildman–Crippen MR) is 72.6 cm³/mol. The minimum atomic E-state index is -0.175. The fourth-order valence-electron chi connectivity index (χ4n) is 3.31. The number of piperidine rings is 1. The Morgan fingerprint density at radius 2 is 1.72 bits per heavy atom. The number of rotatable bonds is 3. The van der Waals surface area contributed by atoms with Crippen molar-refractivity contribution in [2.45, 2.75) is 89.8 Å². The van der Waals surface area contributed by atoms with Gasteiger partial charge in [0.1, 0.15) is 5.60 Å². The summed E-state index contributed by atoms with van der Waals surface area (Å²) in [6.45, 7) is 6.42. The standard InChI is InChI=1S/C15H27NO2/c1-4-12-8-6-9-13(5-2)16(12)14(17)18-15(3)10-7-11-15/h12-13H,4-11H2,1-3H3. The molecule has 1 saturated carbocycles. The summed E-state index contributed by atoms with van der Waals surface area (Å²) in [5.74, 6) is 0. The molecule has 0 radical (unpaired) electrons. The molecule has 1 aliphatic carbocycles. The first-order valence-corrected chi connectivity index (χ1v) is 7.61. The average Bonchev–Trinajstić information content (AvgIpc) is 2.35. The van der Waals surface area contributed by atoms with Crippen molar-refractivity contribution in [1.29, 1.82) is 0 Å². The summed E-state index contributed by atoms with van der Waals surface area (Å²) in [4.78, 5) is 14.5. The van der Waals surface area contributed by atoms with Crippen LogP contribution in [0.4, 0.5) is 4.79 Å². The summed E-state index contributed by atoms with van der Waals surface area (Å²) in [5.41, 5.74) is -0.175. The number of hydrogen-bond donors (Lipinski definition) is 0. The van der Waals surface area contributed by atoms with Gasteiger partial charge in [-0.05, 0) is 58.3 Å². The van der Waals surface area contributed by atoms with Gasteiger partial charge in [-0.15, -0.1) is 0 Å². The van der Waals surface area contributed by atoms with E-state index in [1.54, 1.807) is 0 Å². The molecule has 2 aliphatic rings. The van der Waals surface area contributed by atoms with Gasteiger partial charge in [-0.2, -0.15) is 0 Å². The fraction of sp³-hybridized carbons (Fsp3) is 0.933. The molecular formula is C15H27NO2. The summed E-state index contributed by atoms with van der Waals surface area (Å²) >= 11 is 0. The summed E-state index contributed by atoms with van der Waals surface area (Å²) in [6, 6.07) is 0.778. The molecule has 104 valence electrons. The second-order valence-electron chi connectivity index (χ2n) is 6.13. The maximum absolute atomic E-state index is 12.4. The van der Waals surface area contributed by atoms with E-state index in [2.05, 4.69) is 20.8 Å². The third-order valence-electron chi connectivity index (χ3n) is 4.76. The van der Waals surface area contributed by atoms with Crippen LogP contribution in [0.3, 0.4) is 0 Å². The van der Waals surface area contributed by atoms with E-state index in [1.807, 2.05) is 4.90 Å². The van der Waals surface area contributed by atoms with Crippen LogP contribution in [0.1, 0.15) is 72.1 Å². The second-order valence-corrected chi connectivity index (χ2v) is 6.13. The number of likely N-dealkylation sites (tertiary alicyclic amines) is 1. The highest BCUT2D eigenvalue weighted by Gasteiger charge is 2.40. The monoisotopic (exact) mass is 253 g/mol. The highest BCUT2D eigenvalue weighted by atomic mass is 16.6. The Morgan fingerprint density at radius 3 is 2.11 bits per heavy atom. The lowest BCUT2D eigenvalue weighted by Gasteiger charge is -2.45. The Balaban J connectivity index is 2.03. The van der Waals surface area contributed by atoms with Crippen molar-refractivity contribution in [3.05, 3.63) is 0 Å². The van der Waals surface area contributed by atoms with Gasteiger partial charge in [0.2, 0.25) is 0 Å². The quantitative estimate of drug-likeness (QED) is 0.757. The minimum Gasteiger partial charge on any atom is -0.443 e. The highest BCUT2D eigenvalue weighted by Crippen LogP contribution is 2.37. The van der Waals surface area contributed by atoms with Crippen molar-refractivity contribution in [2.75, 3.05) is 0 Å². The summed E-state index contributed by atoms with van der Waals surface area (Å²) < 4.78 is 5.76. The molecule has 0 aromatic rings. The first-order chi connectivity index (χ1) is 8.59. The molecule has 3 heteroatoms. The molecule has 1 heterocycles. The van der Waals surface area contributed by atoms with E-state index in [0.717, 1.165) is 38.5 Å². The van der Waals surface area contributed by atoms with Crippen molar-refractivity contribution < 1.29 is 9.53 Å². The third-order valence-corrected chi connectivity index (χ3v) is 4.76. The molecule has 0 aromatic carbocycles. The van der Waals surface area contributed by atoms with Gasteiger partial charge in [0.15, 0.2) is 0 Å². The van der Waals surface area contributed by atoms with Crippen LogP contribution in [-0.4, -0.2) is 28.7 Å². The molecule has 2 unspecified atom stereocenters. The molecule has 0 aromatic heterocycles. The Morgan fingerprint density at radius 1 is 1.17 bits per heavy atom. The van der Waals surface area contributed by atoms with Crippen LogP contribution in [0.15, 0.2) is 0 Å². The molecule has 3 nitrogen and oxygen atoms in total. The lowest BCUT2D eigenvalue weighted by Crippen LogP contribution is -2.53. The lowest BCUT2D eigenvalue weighted by atomic mass is 9.82. The van der Waals surface area contributed by atoms with Crippen LogP contribution in [0.2, 0.25) is 0 Å². The molecule has 1 amide bonds. The second kappa shape index (κ2) is 5.50. The third kappa shape index (κ3) is 2.65. The van der Waals surface area contributed by atoms with E-state index in [0.29, 0.717) is 12.1 Å². The van der Waals surface area contributed by atoms with Crippen molar-refractivity contribution in [1.82, 2.24) is 4.90 Å². The van der Waals surface area contributed by atoms with E-state index in [1.165, 1.54) is 12.8 Å². The molecular weight excluding hydrogens is 226 g/mol. The maximum atomic E-state index is 12.4. The predicted octanol–water partition coefficient (Wildman–Crippen LogP) is 4.11. The fourth-order valence-corrected chi connectivity index (χ4v) is 3.31. The zero-order valence-electron chi connectivity index (χ0n) is 12.1. The first kappa shape index (κ1) is 13.7. The van der Waals surface area contributed by atoms with E-state index >= 15 is 0 Å². The average molecular weight is 253 g/mol.